The van der Waals surface area contributed by atoms with Gasteiger partial charge in [0.05, 0.1) is 17.0 Å². The summed E-state index contributed by atoms with van der Waals surface area (Å²) in [5.41, 5.74) is 1.66. The van der Waals surface area contributed by atoms with E-state index in [0.29, 0.717) is 10.7 Å². The number of imide groups is 1. The first kappa shape index (κ1) is 23.0. The molecule has 0 N–H and O–H groups in total. The lowest BCUT2D eigenvalue weighted by atomic mass is 10.2. The highest BCUT2D eigenvalue weighted by atomic mass is 127. The van der Waals surface area contributed by atoms with Crippen molar-refractivity contribution in [2.75, 3.05) is 0 Å². The summed E-state index contributed by atoms with van der Waals surface area (Å²) in [4.78, 5) is 36.5. The number of ether oxygens (including phenoxy) is 1. The lowest BCUT2D eigenvalue weighted by Crippen LogP contribution is -2.34. The van der Waals surface area contributed by atoms with Crippen molar-refractivity contribution in [2.45, 2.75) is 26.5 Å². The first-order valence-electron chi connectivity index (χ1n) is 8.79. The normalized spacial score (nSPS) is 15.4. The summed E-state index contributed by atoms with van der Waals surface area (Å²) in [5, 5.41) is 10.5. The van der Waals surface area contributed by atoms with Crippen molar-refractivity contribution in [1.82, 2.24) is 4.90 Å². The molecular formula is C20H16I2N2O5S. The molecule has 2 amide bonds. The van der Waals surface area contributed by atoms with Crippen LogP contribution in [0.3, 0.4) is 0 Å². The number of benzene rings is 2. The fraction of sp³-hybridized carbons (Fsp3) is 0.200. The van der Waals surface area contributed by atoms with Crippen molar-refractivity contribution in [2.24, 2.45) is 0 Å². The van der Waals surface area contributed by atoms with Gasteiger partial charge in [-0.3, -0.25) is 24.6 Å². The molecule has 10 heteroatoms. The van der Waals surface area contributed by atoms with Gasteiger partial charge >= 0.3 is 0 Å². The number of carbonyl (C=O) groups is 2. The summed E-state index contributed by atoms with van der Waals surface area (Å²) in [6, 6.07) is 9.81. The molecule has 0 radical (unpaired) electrons. The van der Waals surface area contributed by atoms with E-state index in [2.05, 4.69) is 45.2 Å². The summed E-state index contributed by atoms with van der Waals surface area (Å²) >= 11 is 5.27. The molecule has 3 rings (SSSR count). The summed E-state index contributed by atoms with van der Waals surface area (Å²) in [6.07, 6.45) is 1.72. The molecule has 30 heavy (non-hydrogen) atoms. The van der Waals surface area contributed by atoms with Crippen LogP contribution in [0.2, 0.25) is 0 Å². The van der Waals surface area contributed by atoms with Crippen molar-refractivity contribution < 1.29 is 19.2 Å². The van der Waals surface area contributed by atoms with E-state index in [1.165, 1.54) is 17.0 Å². The number of nitro groups is 1. The molecule has 0 saturated carbocycles. The molecule has 0 unspecified atom stereocenters. The monoisotopic (exact) mass is 650 g/mol. The maximum absolute atomic E-state index is 12.5. The molecule has 1 fully saturated rings. The molecule has 0 aromatic heterocycles. The number of nitro benzene ring substituents is 1. The summed E-state index contributed by atoms with van der Waals surface area (Å²) in [7, 11) is 0. The largest absolute Gasteiger partial charge is 0.487 e. The molecule has 2 aromatic rings. The number of nitrogens with zero attached hydrogens (tertiary/aromatic N) is 2. The van der Waals surface area contributed by atoms with Gasteiger partial charge in [-0.25, -0.2) is 0 Å². The van der Waals surface area contributed by atoms with Crippen LogP contribution < -0.4 is 4.74 Å². The van der Waals surface area contributed by atoms with Crippen LogP contribution in [0.15, 0.2) is 41.3 Å². The Balaban J connectivity index is 1.76. The number of non-ortho nitro benzene ring substituents is 1. The average molecular weight is 650 g/mol. The van der Waals surface area contributed by atoms with E-state index in [1.807, 2.05) is 26.0 Å². The molecule has 0 atom stereocenters. The summed E-state index contributed by atoms with van der Waals surface area (Å²) < 4.78 is 7.64. The smallest absolute Gasteiger partial charge is 0.293 e. The molecule has 2 aromatic carbocycles. The van der Waals surface area contributed by atoms with Gasteiger partial charge in [-0.15, -0.1) is 0 Å². The number of hydrogen-bond acceptors (Lipinski definition) is 6. The second-order valence-corrected chi connectivity index (χ2v) is 9.99. The van der Waals surface area contributed by atoms with Gasteiger partial charge < -0.3 is 4.74 Å². The first-order valence-corrected chi connectivity index (χ1v) is 11.8. The van der Waals surface area contributed by atoms with E-state index in [4.69, 9.17) is 4.74 Å². The Morgan fingerprint density at radius 2 is 1.77 bits per heavy atom. The summed E-state index contributed by atoms with van der Waals surface area (Å²) in [6.45, 7) is 3.89. The Hall–Kier alpha value is -1.67. The van der Waals surface area contributed by atoms with Crippen LogP contribution in [0.5, 0.6) is 5.75 Å². The number of rotatable bonds is 6. The molecule has 1 heterocycles. The number of amides is 2. The lowest BCUT2D eigenvalue weighted by Gasteiger charge is -2.16. The molecule has 0 aliphatic carbocycles. The van der Waals surface area contributed by atoms with Crippen molar-refractivity contribution >= 4 is 79.9 Å². The predicted octanol–water partition coefficient (Wildman–Crippen LogP) is 5.83. The maximum atomic E-state index is 12.5. The van der Waals surface area contributed by atoms with Crippen molar-refractivity contribution in [3.8, 4) is 5.75 Å². The van der Waals surface area contributed by atoms with Gasteiger partial charge in [0.15, 0.2) is 0 Å². The third-order valence-electron chi connectivity index (χ3n) is 4.19. The van der Waals surface area contributed by atoms with Crippen molar-refractivity contribution in [3.05, 3.63) is 69.7 Å². The Bertz CT molecular complexity index is 1030. The van der Waals surface area contributed by atoms with E-state index in [1.54, 1.807) is 18.2 Å². The minimum absolute atomic E-state index is 0.0362. The number of hydrogen-bond donors (Lipinski definition) is 0. The van der Waals surface area contributed by atoms with Crippen LogP contribution >= 0.6 is 56.9 Å². The Labute approximate surface area is 204 Å². The van der Waals surface area contributed by atoms with Gasteiger partial charge in [0, 0.05) is 18.2 Å². The molecule has 1 aliphatic rings. The van der Waals surface area contributed by atoms with Crippen LogP contribution in [0.1, 0.15) is 25.0 Å². The Kier molecular flexibility index (Phi) is 7.39. The van der Waals surface area contributed by atoms with E-state index in [-0.39, 0.29) is 29.5 Å². The third kappa shape index (κ3) is 5.14. The fourth-order valence-corrected chi connectivity index (χ4v) is 5.84. The average Bonchev–Trinajstić information content (AvgIpc) is 2.94. The fourth-order valence-electron chi connectivity index (χ4n) is 2.75. The summed E-state index contributed by atoms with van der Waals surface area (Å²) in [5.74, 6) is 0.422. The molecule has 7 nitrogen and oxygen atoms in total. The minimum atomic E-state index is -0.439. The lowest BCUT2D eigenvalue weighted by molar-refractivity contribution is -0.384. The van der Waals surface area contributed by atoms with E-state index in [0.717, 1.165) is 30.0 Å². The predicted molar refractivity (Wildman–Crippen MR) is 132 cm³/mol. The molecule has 156 valence electrons. The van der Waals surface area contributed by atoms with Gasteiger partial charge in [-0.1, -0.05) is 0 Å². The molecule has 0 bridgehead atoms. The third-order valence-corrected chi connectivity index (χ3v) is 6.67. The Morgan fingerprint density at radius 1 is 1.17 bits per heavy atom. The second kappa shape index (κ2) is 9.64. The van der Waals surface area contributed by atoms with Crippen molar-refractivity contribution in [3.63, 3.8) is 0 Å². The van der Waals surface area contributed by atoms with Gasteiger partial charge in [0.1, 0.15) is 12.4 Å². The number of thioether (sulfide) groups is 1. The van der Waals surface area contributed by atoms with Crippen LogP contribution in [0.4, 0.5) is 10.5 Å². The highest BCUT2D eigenvalue weighted by Crippen LogP contribution is 2.35. The van der Waals surface area contributed by atoms with Gasteiger partial charge in [-0.2, -0.15) is 0 Å². The second-order valence-electron chi connectivity index (χ2n) is 6.67. The van der Waals surface area contributed by atoms with Gasteiger partial charge in [0.2, 0.25) is 0 Å². The maximum Gasteiger partial charge on any atom is 0.293 e. The van der Waals surface area contributed by atoms with E-state index < -0.39 is 4.92 Å². The number of halogens is 2. The molecule has 1 aliphatic heterocycles. The highest BCUT2D eigenvalue weighted by Gasteiger charge is 2.36. The van der Waals surface area contributed by atoms with Crippen LogP contribution in [-0.4, -0.2) is 27.0 Å². The van der Waals surface area contributed by atoms with E-state index in [9.17, 15) is 19.7 Å². The van der Waals surface area contributed by atoms with Crippen LogP contribution in [0, 0.1) is 17.3 Å². The quantitative estimate of drug-likeness (QED) is 0.169. The minimum Gasteiger partial charge on any atom is -0.487 e. The van der Waals surface area contributed by atoms with Crippen LogP contribution in [0.25, 0.3) is 6.08 Å². The molecule has 0 spiro atoms. The van der Waals surface area contributed by atoms with Gasteiger partial charge in [-0.05, 0) is 112 Å². The topological polar surface area (TPSA) is 89.8 Å². The molecule has 1 saturated heterocycles. The SMILES string of the molecule is CC(C)N1C(=O)S/C(=C/c2cc(I)c(OCc3ccc([N+](=O)[O-])cc3)c(I)c2)C1=O. The zero-order valence-corrected chi connectivity index (χ0v) is 21.1. The Morgan fingerprint density at radius 3 is 2.27 bits per heavy atom. The zero-order chi connectivity index (χ0) is 22.0. The van der Waals surface area contributed by atoms with Gasteiger partial charge in [0.25, 0.3) is 16.8 Å². The van der Waals surface area contributed by atoms with E-state index >= 15 is 0 Å². The standard InChI is InChI=1S/C20H16I2N2O5S/c1-11(2)23-19(25)17(30-20(23)26)9-13-7-15(21)18(16(22)8-13)29-10-12-3-5-14(6-4-12)24(27)28/h3-9,11H,10H2,1-2H3/b17-9+. The zero-order valence-electron chi connectivity index (χ0n) is 15.9. The highest BCUT2D eigenvalue weighted by molar-refractivity contribution is 14.1. The first-order chi connectivity index (χ1) is 14.2. The molecular weight excluding hydrogens is 634 g/mol. The van der Waals surface area contributed by atoms with Crippen LogP contribution in [-0.2, 0) is 11.4 Å². The number of carbonyl (C=O) groups excluding carboxylic acids is 2. The van der Waals surface area contributed by atoms with Crippen molar-refractivity contribution in [1.29, 1.82) is 0 Å².